The lowest BCUT2D eigenvalue weighted by molar-refractivity contribution is -0.687. The van der Waals surface area contributed by atoms with Crippen LogP contribution in [0.3, 0.4) is 0 Å². The van der Waals surface area contributed by atoms with Gasteiger partial charge < -0.3 is 20.5 Å². The molecular weight excluding hydrogens is 460 g/mol. The highest BCUT2D eigenvalue weighted by molar-refractivity contribution is 6.29. The minimum absolute atomic E-state index is 0.00723. The Morgan fingerprint density at radius 2 is 2.21 bits per heavy atom. The lowest BCUT2D eigenvalue weighted by Crippen LogP contribution is -2.44. The van der Waals surface area contributed by atoms with Crippen molar-refractivity contribution in [2.75, 3.05) is 25.6 Å². The number of amides is 1. The molecule has 1 amide bonds. The van der Waals surface area contributed by atoms with Crippen LogP contribution >= 0.6 is 11.6 Å². The molecule has 1 saturated heterocycles. The summed E-state index contributed by atoms with van der Waals surface area (Å²) in [6, 6.07) is 5.78. The molecule has 1 aliphatic heterocycles. The zero-order chi connectivity index (χ0) is 24.1. The van der Waals surface area contributed by atoms with E-state index in [9.17, 15) is 9.59 Å². The maximum atomic E-state index is 12.8. The molecule has 0 spiro atoms. The van der Waals surface area contributed by atoms with Crippen LogP contribution in [0.2, 0.25) is 5.15 Å². The Balaban J connectivity index is 1.69. The second-order valence-corrected chi connectivity index (χ2v) is 8.45. The molecule has 0 saturated carbocycles. The fourth-order valence-corrected chi connectivity index (χ4v) is 4.45. The van der Waals surface area contributed by atoms with Crippen molar-refractivity contribution in [3.8, 4) is 5.75 Å². The van der Waals surface area contributed by atoms with Crippen molar-refractivity contribution in [2.24, 2.45) is 5.92 Å². The van der Waals surface area contributed by atoms with Crippen LogP contribution in [-0.2, 0) is 29.2 Å². The van der Waals surface area contributed by atoms with Crippen LogP contribution in [0.1, 0.15) is 36.1 Å². The Morgan fingerprint density at radius 1 is 1.41 bits per heavy atom. The van der Waals surface area contributed by atoms with Gasteiger partial charge in [-0.15, -0.1) is 0 Å². The van der Waals surface area contributed by atoms with Gasteiger partial charge in [0.05, 0.1) is 19.3 Å². The fourth-order valence-electron chi connectivity index (χ4n) is 4.31. The Labute approximate surface area is 202 Å². The topological polar surface area (TPSA) is 125 Å². The number of halogens is 1. The number of aldehydes is 1. The number of nitrogens with one attached hydrogen (secondary N) is 1. The van der Waals surface area contributed by atoms with Gasteiger partial charge in [0.25, 0.3) is 11.7 Å². The Kier molecular flexibility index (Phi) is 7.59. The van der Waals surface area contributed by atoms with E-state index in [1.165, 1.54) is 6.20 Å². The number of hydrogen-bond donors (Lipinski definition) is 2. The van der Waals surface area contributed by atoms with Crippen LogP contribution in [0.15, 0.2) is 24.4 Å². The molecule has 11 heteroatoms. The minimum Gasteiger partial charge on any atom is -0.486 e. The minimum atomic E-state index is -0.451. The number of carbonyl (C=O) groups is 2. The molecule has 3 aromatic rings. The van der Waals surface area contributed by atoms with Gasteiger partial charge in [-0.1, -0.05) is 11.6 Å². The van der Waals surface area contributed by atoms with Gasteiger partial charge in [-0.05, 0) is 31.9 Å². The number of aryl methyl sites for hydroxylation is 1. The second kappa shape index (κ2) is 10.8. The number of ether oxygens (including phenoxy) is 2. The molecule has 180 valence electrons. The number of anilines is 1. The maximum absolute atomic E-state index is 12.8. The number of nitrogens with zero attached hydrogens (tertiary/aromatic N) is 4. The van der Waals surface area contributed by atoms with Crippen molar-refractivity contribution >= 4 is 40.6 Å². The highest BCUT2D eigenvalue weighted by atomic mass is 35.5. The zero-order valence-electron chi connectivity index (χ0n) is 19.0. The van der Waals surface area contributed by atoms with E-state index in [0.717, 1.165) is 55.7 Å². The summed E-state index contributed by atoms with van der Waals surface area (Å²) >= 11 is 5.90. The largest absolute Gasteiger partial charge is 0.486 e. The first-order valence-electron chi connectivity index (χ1n) is 11.3. The van der Waals surface area contributed by atoms with E-state index in [1.54, 1.807) is 0 Å². The molecule has 3 N–H and O–H groups in total. The van der Waals surface area contributed by atoms with Crippen molar-refractivity contribution in [1.29, 1.82) is 0 Å². The molecule has 1 aliphatic rings. The summed E-state index contributed by atoms with van der Waals surface area (Å²) in [7, 11) is 0. The van der Waals surface area contributed by atoms with Crippen LogP contribution in [0.5, 0.6) is 5.75 Å². The van der Waals surface area contributed by atoms with Crippen molar-refractivity contribution in [3.05, 3.63) is 41.1 Å². The van der Waals surface area contributed by atoms with E-state index in [-0.39, 0.29) is 29.8 Å². The van der Waals surface area contributed by atoms with Crippen LogP contribution in [0.25, 0.3) is 11.0 Å². The van der Waals surface area contributed by atoms with E-state index >= 15 is 0 Å². The fraction of sp³-hybridized carbons (Fsp3) is 0.435. The summed E-state index contributed by atoms with van der Waals surface area (Å²) in [5, 5.41) is 3.02. The van der Waals surface area contributed by atoms with Crippen molar-refractivity contribution < 1.29 is 23.6 Å². The maximum Gasteiger partial charge on any atom is 0.277 e. The molecule has 34 heavy (non-hydrogen) atoms. The number of nitrogens with two attached hydrogens (primary N) is 1. The van der Waals surface area contributed by atoms with Gasteiger partial charge in [-0.3, -0.25) is 9.59 Å². The van der Waals surface area contributed by atoms with Gasteiger partial charge in [0.1, 0.15) is 24.1 Å². The number of imidazole rings is 1. The van der Waals surface area contributed by atoms with Crippen LogP contribution in [0.4, 0.5) is 5.82 Å². The molecule has 0 unspecified atom stereocenters. The van der Waals surface area contributed by atoms with E-state index in [1.807, 2.05) is 25.1 Å². The normalized spacial score (nSPS) is 14.3. The summed E-state index contributed by atoms with van der Waals surface area (Å²) in [6.45, 7) is 5.27. The first-order chi connectivity index (χ1) is 16.5. The van der Waals surface area contributed by atoms with E-state index in [2.05, 4.69) is 24.4 Å². The van der Waals surface area contributed by atoms with E-state index in [0.29, 0.717) is 18.2 Å². The van der Waals surface area contributed by atoms with Gasteiger partial charge >= 0.3 is 0 Å². The third-order valence-corrected chi connectivity index (χ3v) is 6.14. The number of carbonyl (C=O) groups excluding carboxylic acids is 2. The van der Waals surface area contributed by atoms with E-state index < -0.39 is 5.91 Å². The summed E-state index contributed by atoms with van der Waals surface area (Å²) in [5.74, 6) is 1.57. The number of aromatic nitrogens is 4. The third-order valence-electron chi connectivity index (χ3n) is 5.96. The Morgan fingerprint density at radius 3 is 2.94 bits per heavy atom. The monoisotopic (exact) mass is 487 g/mol. The molecule has 1 fully saturated rings. The zero-order valence-corrected chi connectivity index (χ0v) is 19.8. The van der Waals surface area contributed by atoms with Crippen LogP contribution in [0, 0.1) is 5.92 Å². The quantitative estimate of drug-likeness (QED) is 0.349. The Hall–Kier alpha value is -3.24. The molecule has 3 heterocycles. The van der Waals surface area contributed by atoms with E-state index in [4.69, 9.17) is 26.8 Å². The van der Waals surface area contributed by atoms with Crippen molar-refractivity contribution in [3.63, 3.8) is 0 Å². The molecule has 0 radical (unpaired) electrons. The lowest BCUT2D eigenvalue weighted by atomic mass is 10.0. The summed E-state index contributed by atoms with van der Waals surface area (Å²) in [5.41, 5.74) is 7.81. The molecule has 4 rings (SSSR count). The van der Waals surface area contributed by atoms with Crippen LogP contribution < -0.4 is 20.4 Å². The number of fused-ring (bicyclic) bond motifs is 1. The number of rotatable bonds is 9. The molecule has 1 aromatic carbocycles. The molecule has 0 atom stereocenters. The summed E-state index contributed by atoms with van der Waals surface area (Å²) < 4.78 is 15.4. The molecule has 10 nitrogen and oxygen atoms in total. The average Bonchev–Trinajstić information content (AvgIpc) is 3.14. The average molecular weight is 488 g/mol. The van der Waals surface area contributed by atoms with Gasteiger partial charge in [-0.2, -0.15) is 0 Å². The predicted molar refractivity (Wildman–Crippen MR) is 126 cm³/mol. The number of nitrogen functional groups attached to an aromatic ring is 1. The smallest absolute Gasteiger partial charge is 0.277 e. The molecule has 0 bridgehead atoms. The van der Waals surface area contributed by atoms with Crippen molar-refractivity contribution in [2.45, 2.75) is 39.4 Å². The first-order valence-corrected chi connectivity index (χ1v) is 11.6. The SMILES string of the molecule is CCn1c(CNC(=O)c2nc(Cl)cnc2N)[n+](CC2CCOCC2)c2ccc(OCC=O)cc21. The molecular formula is C23H28ClN6O4+. The van der Waals surface area contributed by atoms with Gasteiger partial charge in [-0.25, -0.2) is 19.1 Å². The number of hydrogen-bond acceptors (Lipinski definition) is 7. The highest BCUT2D eigenvalue weighted by Gasteiger charge is 2.28. The van der Waals surface area contributed by atoms with Gasteiger partial charge in [0.15, 0.2) is 28.8 Å². The standard InChI is InChI=1S/C23H27ClN6O4/c1-2-29-18-11-16(34-10-7-31)3-4-17(18)30(14-15-5-8-33-9-6-15)20(29)13-27-23(32)21-22(25)26-12-19(24)28-21/h3-4,7,11-12,15H,2,5-6,8-10,13-14H2,1H3,(H2-,25,26,27,32)/p+1. The predicted octanol–water partition coefficient (Wildman–Crippen LogP) is 1.91. The van der Waals surface area contributed by atoms with Crippen LogP contribution in [-0.4, -0.2) is 46.5 Å². The third kappa shape index (κ3) is 5.13. The lowest BCUT2D eigenvalue weighted by Gasteiger charge is -2.21. The Bertz CT molecular complexity index is 1190. The first kappa shape index (κ1) is 23.9. The van der Waals surface area contributed by atoms with Gasteiger partial charge in [0.2, 0.25) is 0 Å². The summed E-state index contributed by atoms with van der Waals surface area (Å²) in [6.07, 6.45) is 3.98. The van der Waals surface area contributed by atoms with Crippen molar-refractivity contribution in [1.82, 2.24) is 19.9 Å². The van der Waals surface area contributed by atoms with Gasteiger partial charge in [0, 0.05) is 25.2 Å². The second-order valence-electron chi connectivity index (χ2n) is 8.06. The molecule has 2 aromatic heterocycles. The number of benzene rings is 1. The summed E-state index contributed by atoms with van der Waals surface area (Å²) in [4.78, 5) is 31.5. The highest BCUT2D eigenvalue weighted by Crippen LogP contribution is 2.24. The molecule has 0 aliphatic carbocycles.